The van der Waals surface area contributed by atoms with Crippen molar-refractivity contribution < 1.29 is 0 Å². The average Bonchev–Trinajstić information content (AvgIpc) is 3.40. The van der Waals surface area contributed by atoms with Gasteiger partial charge in [-0.05, 0) is 30.4 Å². The summed E-state index contributed by atoms with van der Waals surface area (Å²) in [5.41, 5.74) is 5.33. The summed E-state index contributed by atoms with van der Waals surface area (Å²) in [5, 5.41) is 8.14. The maximum Gasteiger partial charge on any atom is 0.265 e. The van der Waals surface area contributed by atoms with Crippen LogP contribution in [0.5, 0.6) is 0 Å². The first-order valence-electron chi connectivity index (χ1n) is 10.5. The van der Waals surface area contributed by atoms with E-state index in [2.05, 4.69) is 40.5 Å². The summed E-state index contributed by atoms with van der Waals surface area (Å²) >= 11 is 1.57. The van der Waals surface area contributed by atoms with E-state index >= 15 is 0 Å². The molecule has 0 amide bonds. The van der Waals surface area contributed by atoms with Crippen LogP contribution in [0.4, 0.5) is 0 Å². The minimum atomic E-state index is -0.0897. The topological polar surface area (TPSA) is 63.0 Å². The Morgan fingerprint density at radius 3 is 2.63 bits per heavy atom. The second kappa shape index (κ2) is 6.84. The monoisotopic (exact) mass is 414 g/mol. The summed E-state index contributed by atoms with van der Waals surface area (Å²) in [5.74, 6) is 1.29. The Morgan fingerprint density at radius 1 is 1.03 bits per heavy atom. The van der Waals surface area contributed by atoms with E-state index in [1.807, 2.05) is 24.3 Å². The van der Waals surface area contributed by atoms with Crippen molar-refractivity contribution in [2.75, 3.05) is 0 Å². The van der Waals surface area contributed by atoms with Crippen molar-refractivity contribution in [1.82, 2.24) is 19.6 Å². The molecule has 1 spiro atoms. The number of aromatic nitrogens is 4. The largest absolute Gasteiger partial charge is 0.268 e. The summed E-state index contributed by atoms with van der Waals surface area (Å²) in [6, 6.07) is 18.7. The molecule has 2 heterocycles. The summed E-state index contributed by atoms with van der Waals surface area (Å²) in [4.78, 5) is 18.8. The third kappa shape index (κ3) is 2.67. The number of rotatable bonds is 3. The number of nitrogens with zero attached hydrogens (tertiary/aromatic N) is 3. The molecule has 0 radical (unpaired) electrons. The number of H-pyrrole nitrogens is 1. The van der Waals surface area contributed by atoms with Crippen LogP contribution in [0.3, 0.4) is 0 Å². The number of hydrogen-bond donors (Lipinski definition) is 1. The summed E-state index contributed by atoms with van der Waals surface area (Å²) in [7, 11) is 0. The van der Waals surface area contributed by atoms with E-state index < -0.39 is 0 Å². The smallest absolute Gasteiger partial charge is 0.265 e. The van der Waals surface area contributed by atoms with Gasteiger partial charge in [0.15, 0.2) is 5.16 Å². The van der Waals surface area contributed by atoms with Crippen LogP contribution in [0.15, 0.2) is 64.5 Å². The molecule has 2 aromatic heterocycles. The number of benzene rings is 2. The van der Waals surface area contributed by atoms with Gasteiger partial charge in [-0.25, -0.2) is 14.5 Å². The lowest BCUT2D eigenvalue weighted by molar-refractivity contribution is 0.425. The van der Waals surface area contributed by atoms with Crippen molar-refractivity contribution in [2.45, 2.75) is 48.4 Å². The van der Waals surface area contributed by atoms with Crippen LogP contribution in [-0.4, -0.2) is 19.6 Å². The quantitative estimate of drug-likeness (QED) is 0.492. The zero-order valence-corrected chi connectivity index (χ0v) is 17.4. The molecule has 0 unspecified atom stereocenters. The Balaban J connectivity index is 1.53. The van der Waals surface area contributed by atoms with Crippen molar-refractivity contribution in [3.8, 4) is 11.3 Å². The number of thioether (sulfide) groups is 1. The molecule has 0 bridgehead atoms. The minimum Gasteiger partial charge on any atom is -0.268 e. The summed E-state index contributed by atoms with van der Waals surface area (Å²) < 4.78 is 1.69. The predicted molar refractivity (Wildman–Crippen MR) is 119 cm³/mol. The van der Waals surface area contributed by atoms with Gasteiger partial charge in [-0.2, -0.15) is 0 Å². The third-order valence-corrected chi connectivity index (χ3v) is 7.64. The molecule has 6 heteroatoms. The van der Waals surface area contributed by atoms with Gasteiger partial charge < -0.3 is 0 Å². The molecule has 0 atom stereocenters. The second-order valence-corrected chi connectivity index (χ2v) is 9.34. The van der Waals surface area contributed by atoms with Gasteiger partial charge in [0.25, 0.3) is 5.56 Å². The number of aromatic amines is 1. The Hall–Kier alpha value is -2.86. The van der Waals surface area contributed by atoms with Crippen LogP contribution in [0, 0.1) is 0 Å². The highest BCUT2D eigenvalue weighted by Gasteiger charge is 2.44. The first-order chi connectivity index (χ1) is 14.8. The van der Waals surface area contributed by atoms with Gasteiger partial charge in [-0.1, -0.05) is 79.2 Å². The van der Waals surface area contributed by atoms with Crippen LogP contribution in [0.25, 0.3) is 17.0 Å². The molecule has 150 valence electrons. The molecule has 1 N–H and O–H groups in total. The van der Waals surface area contributed by atoms with Gasteiger partial charge in [0.05, 0.1) is 11.3 Å². The van der Waals surface area contributed by atoms with Crippen molar-refractivity contribution >= 4 is 17.5 Å². The lowest BCUT2D eigenvalue weighted by atomic mass is 9.68. The van der Waals surface area contributed by atoms with Crippen LogP contribution in [-0.2, 0) is 17.6 Å². The fraction of sp³-hybridized carbons (Fsp3) is 0.292. The lowest BCUT2D eigenvalue weighted by Gasteiger charge is -2.35. The predicted octanol–water partition coefficient (Wildman–Crippen LogP) is 4.74. The normalized spacial score (nSPS) is 16.7. The van der Waals surface area contributed by atoms with E-state index in [4.69, 9.17) is 4.98 Å². The van der Waals surface area contributed by atoms with Gasteiger partial charge >= 0.3 is 0 Å². The minimum absolute atomic E-state index is 0.0516. The van der Waals surface area contributed by atoms with Gasteiger partial charge in [0.2, 0.25) is 5.78 Å². The zero-order chi connectivity index (χ0) is 20.1. The number of fused-ring (bicyclic) bond motifs is 5. The van der Waals surface area contributed by atoms with E-state index in [-0.39, 0.29) is 11.0 Å². The fourth-order valence-corrected chi connectivity index (χ4v) is 6.15. The third-order valence-electron chi connectivity index (χ3n) is 6.63. The first kappa shape index (κ1) is 18.0. The maximum atomic E-state index is 13.9. The molecule has 6 rings (SSSR count). The highest BCUT2D eigenvalue weighted by atomic mass is 32.2. The standard InChI is InChI=1S/C24H22N4OS/c29-21-19-20(18-11-5-4-10-17(18)14-24(19)12-6-7-13-24)25-22-26-27-23(28(21)22)30-15-16-8-2-1-3-9-16/h1-5,8-11H,6-7,12-15H2,(H,25,26). The summed E-state index contributed by atoms with van der Waals surface area (Å²) in [6.07, 6.45) is 5.39. The zero-order valence-electron chi connectivity index (χ0n) is 16.6. The van der Waals surface area contributed by atoms with Crippen LogP contribution in [0.2, 0.25) is 0 Å². The molecule has 2 aliphatic carbocycles. The molecule has 2 aliphatic rings. The van der Waals surface area contributed by atoms with E-state index in [1.165, 1.54) is 24.0 Å². The molecule has 2 aromatic carbocycles. The van der Waals surface area contributed by atoms with E-state index in [1.54, 1.807) is 16.2 Å². The molecule has 30 heavy (non-hydrogen) atoms. The Labute approximate surface area is 178 Å². The van der Waals surface area contributed by atoms with Crippen LogP contribution >= 0.6 is 11.8 Å². The molecule has 1 fully saturated rings. The highest BCUT2D eigenvalue weighted by molar-refractivity contribution is 7.98. The van der Waals surface area contributed by atoms with Gasteiger partial charge in [-0.3, -0.25) is 4.79 Å². The lowest BCUT2D eigenvalue weighted by Crippen LogP contribution is -2.38. The van der Waals surface area contributed by atoms with Crippen molar-refractivity contribution in [3.63, 3.8) is 0 Å². The maximum absolute atomic E-state index is 13.9. The molecule has 0 saturated heterocycles. The van der Waals surface area contributed by atoms with Gasteiger partial charge in [-0.15, -0.1) is 5.10 Å². The molecule has 5 nitrogen and oxygen atoms in total. The van der Waals surface area contributed by atoms with Crippen molar-refractivity contribution in [2.24, 2.45) is 0 Å². The number of hydrogen-bond acceptors (Lipinski definition) is 4. The average molecular weight is 415 g/mol. The Morgan fingerprint density at radius 2 is 1.80 bits per heavy atom. The SMILES string of the molecule is O=c1c2c(nc3[nH]nc(SCc4ccccc4)n13)-c1ccccc1CC21CCCC1. The molecular weight excluding hydrogens is 392 g/mol. The highest BCUT2D eigenvalue weighted by Crippen LogP contribution is 2.49. The fourth-order valence-electron chi connectivity index (χ4n) is 5.25. The second-order valence-electron chi connectivity index (χ2n) is 8.40. The summed E-state index contributed by atoms with van der Waals surface area (Å²) in [6.45, 7) is 0. The van der Waals surface area contributed by atoms with Gasteiger partial charge in [0.1, 0.15) is 0 Å². The first-order valence-corrected chi connectivity index (χ1v) is 11.5. The number of nitrogens with one attached hydrogen (secondary N) is 1. The van der Waals surface area contributed by atoms with Crippen molar-refractivity contribution in [3.05, 3.63) is 81.6 Å². The van der Waals surface area contributed by atoms with E-state index in [0.29, 0.717) is 10.9 Å². The molecule has 4 aromatic rings. The van der Waals surface area contributed by atoms with Gasteiger partial charge in [0, 0.05) is 16.7 Å². The van der Waals surface area contributed by atoms with Crippen molar-refractivity contribution in [1.29, 1.82) is 0 Å². The molecule has 1 saturated carbocycles. The van der Waals surface area contributed by atoms with Crippen LogP contribution < -0.4 is 5.56 Å². The molecule has 0 aliphatic heterocycles. The van der Waals surface area contributed by atoms with E-state index in [0.717, 1.165) is 41.8 Å². The Kier molecular flexibility index (Phi) is 4.09. The van der Waals surface area contributed by atoms with Crippen LogP contribution in [0.1, 0.15) is 42.4 Å². The van der Waals surface area contributed by atoms with E-state index in [9.17, 15) is 4.79 Å². The molecular formula is C24H22N4OS. The Bertz CT molecular complexity index is 1300.